The maximum atomic E-state index is 12.2. The first-order chi connectivity index (χ1) is 16.5. The molecule has 7 rings (SSSR count). The van der Waals surface area contributed by atoms with Gasteiger partial charge in [0.2, 0.25) is 0 Å². The topological polar surface area (TPSA) is 71.0 Å². The van der Waals surface area contributed by atoms with Crippen molar-refractivity contribution in [3.8, 4) is 0 Å². The van der Waals surface area contributed by atoms with E-state index in [1.165, 1.54) is 38.5 Å². The predicted octanol–water partition coefficient (Wildman–Crippen LogP) is 4.15. The average molecular weight is 488 g/mol. The van der Waals surface area contributed by atoms with E-state index in [1.807, 2.05) is 0 Å². The molecule has 2 saturated heterocycles. The molecular weight excluding hydrogens is 438 g/mol. The van der Waals surface area contributed by atoms with Gasteiger partial charge in [-0.25, -0.2) is 0 Å². The lowest BCUT2D eigenvalue weighted by atomic mass is 9.23. The van der Waals surface area contributed by atoms with Crippen LogP contribution in [0, 0.1) is 50.7 Å². The van der Waals surface area contributed by atoms with Crippen molar-refractivity contribution in [2.24, 2.45) is 50.7 Å². The lowest BCUT2D eigenvalue weighted by Gasteiger charge is -2.81. The molecular formula is C30H49NO4. The summed E-state index contributed by atoms with van der Waals surface area (Å²) in [5, 5.41) is 26.8. The summed E-state index contributed by atoms with van der Waals surface area (Å²) in [6.45, 7) is 14.7. The van der Waals surface area contributed by atoms with Crippen LogP contribution in [0.1, 0.15) is 86.0 Å². The second kappa shape index (κ2) is 7.25. The van der Waals surface area contributed by atoms with Gasteiger partial charge >= 0.3 is 0 Å². The van der Waals surface area contributed by atoms with Crippen LogP contribution < -0.4 is 5.32 Å². The van der Waals surface area contributed by atoms with Crippen LogP contribution in [-0.4, -0.2) is 60.4 Å². The minimum absolute atomic E-state index is 0.0133. The Morgan fingerprint density at radius 3 is 2.43 bits per heavy atom. The zero-order valence-corrected chi connectivity index (χ0v) is 22.7. The van der Waals surface area contributed by atoms with Gasteiger partial charge in [0.1, 0.15) is 0 Å². The summed E-state index contributed by atoms with van der Waals surface area (Å²) in [4.78, 5) is 0. The zero-order chi connectivity index (χ0) is 24.6. The van der Waals surface area contributed by atoms with E-state index in [-0.39, 0.29) is 40.7 Å². The average Bonchev–Trinajstić information content (AvgIpc) is 2.95. The number of aliphatic hydroxyl groups is 2. The Labute approximate surface area is 212 Å². The van der Waals surface area contributed by atoms with E-state index in [0.717, 1.165) is 38.5 Å². The Balaban J connectivity index is 1.19. The molecule has 12 atom stereocenters. The third kappa shape index (κ3) is 2.59. The number of rotatable bonds is 3. The van der Waals surface area contributed by atoms with Gasteiger partial charge in [-0.15, -0.1) is 0 Å². The van der Waals surface area contributed by atoms with Crippen molar-refractivity contribution in [1.82, 2.24) is 5.32 Å². The van der Waals surface area contributed by atoms with Crippen molar-refractivity contribution in [3.05, 3.63) is 0 Å². The number of fused-ring (bicyclic) bond motifs is 4. The van der Waals surface area contributed by atoms with Crippen LogP contribution in [0.3, 0.4) is 0 Å². The third-order valence-corrected chi connectivity index (χ3v) is 14.4. The summed E-state index contributed by atoms with van der Waals surface area (Å²) in [5.41, 5.74) is 0.733. The van der Waals surface area contributed by atoms with E-state index >= 15 is 0 Å². The van der Waals surface area contributed by atoms with Crippen molar-refractivity contribution >= 4 is 0 Å². The minimum Gasteiger partial charge on any atom is -0.393 e. The van der Waals surface area contributed by atoms with Gasteiger partial charge in [-0.1, -0.05) is 34.6 Å². The monoisotopic (exact) mass is 487 g/mol. The molecule has 5 nitrogen and oxygen atoms in total. The summed E-state index contributed by atoms with van der Waals surface area (Å²) in [6, 6.07) is 0.469. The highest BCUT2D eigenvalue weighted by Crippen LogP contribution is 2.86. The lowest BCUT2D eigenvalue weighted by Crippen LogP contribution is -2.76. The molecule has 198 valence electrons. The number of hydrogen-bond donors (Lipinski definition) is 3. The summed E-state index contributed by atoms with van der Waals surface area (Å²) in [6.07, 6.45) is 9.10. The Bertz CT molecular complexity index is 890. The molecule has 5 aliphatic carbocycles. The summed E-state index contributed by atoms with van der Waals surface area (Å²) < 4.78 is 12.2. The normalized spacial score (nSPS) is 60.4. The molecule has 5 saturated carbocycles. The fraction of sp³-hybridized carbons (Fsp3) is 1.00. The van der Waals surface area contributed by atoms with Crippen LogP contribution in [0.5, 0.6) is 0 Å². The fourth-order valence-electron chi connectivity index (χ4n) is 12.3. The number of ether oxygens (including phenoxy) is 2. The Morgan fingerprint density at radius 2 is 1.71 bits per heavy atom. The molecule has 2 heterocycles. The lowest BCUT2D eigenvalue weighted by molar-refractivity contribution is -0.343. The second-order valence-electron chi connectivity index (χ2n) is 15.3. The van der Waals surface area contributed by atoms with Crippen molar-refractivity contribution in [2.45, 2.75) is 116 Å². The van der Waals surface area contributed by atoms with E-state index in [0.29, 0.717) is 34.6 Å². The van der Waals surface area contributed by atoms with Crippen LogP contribution in [0.2, 0.25) is 0 Å². The van der Waals surface area contributed by atoms with Gasteiger partial charge in [-0.3, -0.25) is 0 Å². The van der Waals surface area contributed by atoms with Crippen LogP contribution in [0.25, 0.3) is 0 Å². The van der Waals surface area contributed by atoms with Gasteiger partial charge in [-0.2, -0.15) is 0 Å². The van der Waals surface area contributed by atoms with E-state index in [1.54, 1.807) is 0 Å². The Morgan fingerprint density at radius 1 is 0.943 bits per heavy atom. The first kappa shape index (κ1) is 23.9. The van der Waals surface area contributed by atoms with Gasteiger partial charge in [0.05, 0.1) is 43.7 Å². The third-order valence-electron chi connectivity index (χ3n) is 14.4. The maximum Gasteiger partial charge on any atom is 0.0880 e. The highest BCUT2D eigenvalue weighted by molar-refractivity contribution is 5.30. The van der Waals surface area contributed by atoms with E-state index in [4.69, 9.17) is 9.47 Å². The minimum atomic E-state index is -0.382. The van der Waals surface area contributed by atoms with E-state index in [9.17, 15) is 10.2 Å². The molecule has 0 aromatic rings. The van der Waals surface area contributed by atoms with Crippen molar-refractivity contribution in [3.63, 3.8) is 0 Å². The van der Waals surface area contributed by atoms with Crippen LogP contribution in [0.4, 0.5) is 0 Å². The molecule has 0 radical (unpaired) electrons. The second-order valence-corrected chi connectivity index (χ2v) is 15.3. The van der Waals surface area contributed by atoms with Gasteiger partial charge in [-0.05, 0) is 96.7 Å². The van der Waals surface area contributed by atoms with Gasteiger partial charge < -0.3 is 25.0 Å². The van der Waals surface area contributed by atoms with Gasteiger partial charge in [0.15, 0.2) is 0 Å². The highest BCUT2D eigenvalue weighted by Gasteiger charge is 2.82. The summed E-state index contributed by atoms with van der Waals surface area (Å²) in [7, 11) is 0. The number of aliphatic hydroxyl groups excluding tert-OH is 2. The van der Waals surface area contributed by atoms with Crippen molar-refractivity contribution < 1.29 is 19.7 Å². The van der Waals surface area contributed by atoms with Gasteiger partial charge in [0, 0.05) is 12.0 Å². The van der Waals surface area contributed by atoms with Crippen molar-refractivity contribution in [1.29, 1.82) is 0 Å². The molecule has 0 amide bonds. The highest BCUT2D eigenvalue weighted by atomic mass is 16.5. The number of nitrogens with one attached hydrogen (secondary N) is 1. The molecule has 7 aliphatic rings. The Hall–Kier alpha value is -0.200. The van der Waals surface area contributed by atoms with Crippen LogP contribution in [-0.2, 0) is 9.47 Å². The first-order valence-electron chi connectivity index (χ1n) is 14.8. The van der Waals surface area contributed by atoms with E-state index in [2.05, 4.69) is 39.9 Å². The fourth-order valence-corrected chi connectivity index (χ4v) is 12.3. The van der Waals surface area contributed by atoms with E-state index < -0.39 is 0 Å². The quantitative estimate of drug-likeness (QED) is 0.558. The van der Waals surface area contributed by atoms with Crippen molar-refractivity contribution in [2.75, 3.05) is 19.8 Å². The number of hydrogen-bond acceptors (Lipinski definition) is 5. The first-order valence-corrected chi connectivity index (χ1v) is 14.8. The van der Waals surface area contributed by atoms with Gasteiger partial charge in [0.25, 0.3) is 0 Å². The Kier molecular flexibility index (Phi) is 4.95. The molecule has 2 bridgehead atoms. The molecule has 3 N–H and O–H groups in total. The summed E-state index contributed by atoms with van der Waals surface area (Å²) >= 11 is 0. The molecule has 0 aromatic heterocycles. The zero-order valence-electron chi connectivity index (χ0n) is 22.7. The largest absolute Gasteiger partial charge is 0.393 e. The maximum absolute atomic E-state index is 12.2. The molecule has 2 aliphatic heterocycles. The molecule has 12 unspecified atom stereocenters. The molecule has 7 fully saturated rings. The van der Waals surface area contributed by atoms with Crippen LogP contribution >= 0.6 is 0 Å². The summed E-state index contributed by atoms with van der Waals surface area (Å²) in [5.74, 6) is 2.32. The van der Waals surface area contributed by atoms with Crippen LogP contribution in [0.15, 0.2) is 0 Å². The smallest absolute Gasteiger partial charge is 0.0880 e. The molecule has 35 heavy (non-hydrogen) atoms. The molecule has 0 aromatic carbocycles. The standard InChI is InChI=1S/C30H49NO4/c1-17-12-19(13-31-18-14-34-15-18)35-24-23(17)27(4)10-11-29-16-30(9-8-20(29)28(27,5)25(24)33)21(29)6-7-22(32)26(30,2)3/h17-25,31-33H,6-16H2,1-5H3. The SMILES string of the molecule is CC1CC(CNC2COC2)OC2C1C1(C)CCC34CC5(CCC3C1(C)C2O)C4CCC(O)C5(C)C. The molecule has 5 heteroatoms. The predicted molar refractivity (Wildman–Crippen MR) is 135 cm³/mol. The molecule has 2 spiro atoms.